The van der Waals surface area contributed by atoms with E-state index >= 15 is 0 Å². The van der Waals surface area contributed by atoms with E-state index in [-0.39, 0.29) is 6.03 Å². The van der Waals surface area contributed by atoms with E-state index in [0.717, 1.165) is 16.5 Å². The van der Waals surface area contributed by atoms with Crippen molar-refractivity contribution in [2.75, 3.05) is 5.32 Å². The number of anilines is 1. The Bertz CT molecular complexity index is 648. The van der Waals surface area contributed by atoms with Crippen molar-refractivity contribution in [2.24, 2.45) is 0 Å². The molecule has 3 nitrogen and oxygen atoms in total. The van der Waals surface area contributed by atoms with Crippen LogP contribution in [-0.4, -0.2) is 11.6 Å². The molecule has 3 heteroatoms. The van der Waals surface area contributed by atoms with Gasteiger partial charge in [-0.25, -0.2) is 4.79 Å². The second kappa shape index (κ2) is 5.03. The van der Waals surface area contributed by atoms with Crippen LogP contribution in [0.2, 0.25) is 0 Å². The molecule has 2 amide bonds. The first-order chi connectivity index (χ1) is 9.02. The lowest BCUT2D eigenvalue weighted by Gasteiger charge is -2.20. The first-order valence-corrected chi connectivity index (χ1v) is 6.06. The molecule has 19 heavy (non-hydrogen) atoms. The van der Waals surface area contributed by atoms with Gasteiger partial charge in [-0.05, 0) is 25.3 Å². The molecule has 0 saturated heterocycles. The van der Waals surface area contributed by atoms with Gasteiger partial charge < -0.3 is 10.6 Å². The smallest absolute Gasteiger partial charge is 0.320 e. The molecular weight excluding hydrogens is 236 g/mol. The maximum Gasteiger partial charge on any atom is 0.320 e. The summed E-state index contributed by atoms with van der Waals surface area (Å²) in [6, 6.07) is 13.4. The van der Waals surface area contributed by atoms with Gasteiger partial charge in [0.05, 0.1) is 11.2 Å². The fourth-order valence-corrected chi connectivity index (χ4v) is 1.81. The van der Waals surface area contributed by atoms with Gasteiger partial charge in [0, 0.05) is 5.39 Å². The summed E-state index contributed by atoms with van der Waals surface area (Å²) in [4.78, 5) is 11.9. The third-order valence-corrected chi connectivity index (χ3v) is 2.82. The van der Waals surface area contributed by atoms with E-state index in [1.54, 1.807) is 13.8 Å². The molecule has 2 N–H and O–H groups in total. The maximum absolute atomic E-state index is 11.9. The lowest BCUT2D eigenvalue weighted by atomic mass is 10.1. The number of benzene rings is 2. The van der Waals surface area contributed by atoms with Gasteiger partial charge >= 0.3 is 6.03 Å². The van der Waals surface area contributed by atoms with Crippen LogP contribution in [0.5, 0.6) is 0 Å². The average Bonchev–Trinajstić information content (AvgIpc) is 2.38. The Morgan fingerprint density at radius 1 is 1.16 bits per heavy atom. The Morgan fingerprint density at radius 2 is 1.84 bits per heavy atom. The number of terminal acetylenes is 1. The number of urea groups is 1. The summed E-state index contributed by atoms with van der Waals surface area (Å²) in [6.07, 6.45) is 5.35. The van der Waals surface area contributed by atoms with Gasteiger partial charge in [0.25, 0.3) is 0 Å². The van der Waals surface area contributed by atoms with Crippen molar-refractivity contribution in [1.82, 2.24) is 5.32 Å². The lowest BCUT2D eigenvalue weighted by molar-refractivity contribution is 0.247. The average molecular weight is 252 g/mol. The van der Waals surface area contributed by atoms with Crippen LogP contribution < -0.4 is 10.6 Å². The van der Waals surface area contributed by atoms with E-state index in [0.29, 0.717) is 0 Å². The minimum atomic E-state index is -0.672. The van der Waals surface area contributed by atoms with Crippen LogP contribution in [-0.2, 0) is 0 Å². The van der Waals surface area contributed by atoms with E-state index in [4.69, 9.17) is 6.42 Å². The van der Waals surface area contributed by atoms with Crippen LogP contribution in [0.25, 0.3) is 10.8 Å². The fourth-order valence-electron chi connectivity index (χ4n) is 1.81. The van der Waals surface area contributed by atoms with Crippen molar-refractivity contribution in [1.29, 1.82) is 0 Å². The van der Waals surface area contributed by atoms with Crippen LogP contribution >= 0.6 is 0 Å². The quantitative estimate of drug-likeness (QED) is 0.790. The molecule has 0 aliphatic heterocycles. The summed E-state index contributed by atoms with van der Waals surface area (Å²) in [6.45, 7) is 3.55. The van der Waals surface area contributed by atoms with E-state index < -0.39 is 5.54 Å². The molecule has 0 radical (unpaired) electrons. The number of nitrogens with one attached hydrogen (secondary N) is 2. The first kappa shape index (κ1) is 13.0. The molecule has 0 heterocycles. The van der Waals surface area contributed by atoms with E-state index in [2.05, 4.69) is 16.6 Å². The standard InChI is InChI=1S/C16H16N2O/c1-4-16(2,3)18-15(19)17-14-11-7-9-12-8-5-6-10-13(12)14/h1,5-11H,2-3H3,(H2,17,18,19). The van der Waals surface area contributed by atoms with E-state index in [1.807, 2.05) is 42.5 Å². The number of carbonyl (C=O) groups is 1. The van der Waals surface area contributed by atoms with E-state index in [9.17, 15) is 4.79 Å². The van der Waals surface area contributed by atoms with Crippen LogP contribution in [0.3, 0.4) is 0 Å². The summed E-state index contributed by atoms with van der Waals surface area (Å²) in [5.41, 5.74) is 0.0951. The molecule has 0 aliphatic rings. The number of fused-ring (bicyclic) bond motifs is 1. The summed E-state index contributed by atoms with van der Waals surface area (Å²) in [5, 5.41) is 7.64. The zero-order valence-corrected chi connectivity index (χ0v) is 11.0. The Labute approximate surface area is 113 Å². The third-order valence-electron chi connectivity index (χ3n) is 2.82. The second-order valence-corrected chi connectivity index (χ2v) is 4.88. The maximum atomic E-state index is 11.9. The lowest BCUT2D eigenvalue weighted by Crippen LogP contribution is -2.44. The summed E-state index contributed by atoms with van der Waals surface area (Å²) >= 11 is 0. The monoisotopic (exact) mass is 252 g/mol. The predicted molar refractivity (Wildman–Crippen MR) is 79.0 cm³/mol. The highest BCUT2D eigenvalue weighted by atomic mass is 16.2. The molecule has 2 aromatic carbocycles. The molecule has 2 aromatic rings. The Hall–Kier alpha value is -2.47. The Morgan fingerprint density at radius 3 is 2.58 bits per heavy atom. The van der Waals surface area contributed by atoms with Gasteiger partial charge in [0.1, 0.15) is 0 Å². The fraction of sp³-hybridized carbons (Fsp3) is 0.188. The highest BCUT2D eigenvalue weighted by Gasteiger charge is 2.17. The minimum absolute atomic E-state index is 0.306. The van der Waals surface area contributed by atoms with Crippen molar-refractivity contribution in [3.05, 3.63) is 42.5 Å². The van der Waals surface area contributed by atoms with Gasteiger partial charge in [-0.1, -0.05) is 42.3 Å². The number of carbonyl (C=O) groups excluding carboxylic acids is 1. The molecule has 0 aliphatic carbocycles. The number of rotatable bonds is 2. The molecule has 0 spiro atoms. The minimum Gasteiger partial charge on any atom is -0.322 e. The SMILES string of the molecule is C#CC(C)(C)NC(=O)Nc1cccc2ccccc12. The zero-order chi connectivity index (χ0) is 13.9. The van der Waals surface area contributed by atoms with Crippen LogP contribution in [0.4, 0.5) is 10.5 Å². The molecule has 0 fully saturated rings. The molecule has 0 atom stereocenters. The zero-order valence-electron chi connectivity index (χ0n) is 11.0. The third kappa shape index (κ3) is 3.05. The highest BCUT2D eigenvalue weighted by Crippen LogP contribution is 2.22. The molecular formula is C16H16N2O. The normalized spacial score (nSPS) is 10.8. The van der Waals surface area contributed by atoms with Crippen LogP contribution in [0.15, 0.2) is 42.5 Å². The highest BCUT2D eigenvalue weighted by molar-refractivity contribution is 6.01. The van der Waals surface area contributed by atoms with Gasteiger partial charge in [-0.3, -0.25) is 0 Å². The first-order valence-electron chi connectivity index (χ1n) is 6.06. The number of hydrogen-bond donors (Lipinski definition) is 2. The topological polar surface area (TPSA) is 41.1 Å². The van der Waals surface area contributed by atoms with Crippen molar-refractivity contribution in [2.45, 2.75) is 19.4 Å². The van der Waals surface area contributed by atoms with Gasteiger partial charge in [-0.2, -0.15) is 0 Å². The molecule has 0 aromatic heterocycles. The largest absolute Gasteiger partial charge is 0.322 e. The number of amides is 2. The van der Waals surface area contributed by atoms with Crippen LogP contribution in [0, 0.1) is 12.3 Å². The van der Waals surface area contributed by atoms with Crippen molar-refractivity contribution >= 4 is 22.5 Å². The van der Waals surface area contributed by atoms with Crippen molar-refractivity contribution in [3.8, 4) is 12.3 Å². The molecule has 0 saturated carbocycles. The Balaban J connectivity index is 2.23. The van der Waals surface area contributed by atoms with Crippen molar-refractivity contribution < 1.29 is 4.79 Å². The predicted octanol–water partition coefficient (Wildman–Crippen LogP) is 3.37. The van der Waals surface area contributed by atoms with Gasteiger partial charge in [0.15, 0.2) is 0 Å². The molecule has 2 rings (SSSR count). The molecule has 0 unspecified atom stereocenters. The Kier molecular flexibility index (Phi) is 3.43. The van der Waals surface area contributed by atoms with Gasteiger partial charge in [0.2, 0.25) is 0 Å². The van der Waals surface area contributed by atoms with E-state index in [1.165, 1.54) is 0 Å². The summed E-state index contributed by atoms with van der Waals surface area (Å²) in [5.74, 6) is 2.52. The summed E-state index contributed by atoms with van der Waals surface area (Å²) < 4.78 is 0. The number of hydrogen-bond acceptors (Lipinski definition) is 1. The summed E-state index contributed by atoms with van der Waals surface area (Å²) in [7, 11) is 0. The second-order valence-electron chi connectivity index (χ2n) is 4.88. The van der Waals surface area contributed by atoms with Crippen molar-refractivity contribution in [3.63, 3.8) is 0 Å². The van der Waals surface area contributed by atoms with Crippen LogP contribution in [0.1, 0.15) is 13.8 Å². The molecule has 0 bridgehead atoms. The molecule has 96 valence electrons. The van der Waals surface area contributed by atoms with Gasteiger partial charge in [-0.15, -0.1) is 6.42 Å².